The molecule has 5 heteroatoms. The van der Waals surface area contributed by atoms with E-state index in [2.05, 4.69) is 47.4 Å². The van der Waals surface area contributed by atoms with Crippen molar-refractivity contribution < 1.29 is 0 Å². The van der Waals surface area contributed by atoms with Crippen LogP contribution in [0.4, 0.5) is 11.8 Å². The first-order chi connectivity index (χ1) is 10.2. The summed E-state index contributed by atoms with van der Waals surface area (Å²) < 4.78 is 0. The van der Waals surface area contributed by atoms with E-state index < -0.39 is 0 Å². The molecule has 1 saturated heterocycles. The highest BCUT2D eigenvalue weighted by atomic mass is 32.1. The minimum Gasteiger partial charge on any atom is -0.356 e. The zero-order valence-corrected chi connectivity index (χ0v) is 13.9. The normalized spacial score (nSPS) is 18.9. The molecule has 1 aliphatic rings. The summed E-state index contributed by atoms with van der Waals surface area (Å²) in [7, 11) is 0. The number of thiophene rings is 1. The molecule has 1 fully saturated rings. The lowest BCUT2D eigenvalue weighted by Gasteiger charge is -2.20. The summed E-state index contributed by atoms with van der Waals surface area (Å²) in [5.41, 5.74) is 0. The topological polar surface area (TPSA) is 41.1 Å². The van der Waals surface area contributed by atoms with Gasteiger partial charge in [0.05, 0.1) is 5.39 Å². The van der Waals surface area contributed by atoms with Gasteiger partial charge in [0.25, 0.3) is 0 Å². The van der Waals surface area contributed by atoms with Gasteiger partial charge in [-0.3, -0.25) is 0 Å². The molecule has 0 amide bonds. The van der Waals surface area contributed by atoms with Gasteiger partial charge in [-0.1, -0.05) is 20.8 Å². The van der Waals surface area contributed by atoms with Crippen molar-refractivity contribution in [1.29, 1.82) is 0 Å². The average Bonchev–Trinajstić information content (AvgIpc) is 3.12. The molecule has 3 heterocycles. The highest BCUT2D eigenvalue weighted by molar-refractivity contribution is 7.16. The Balaban J connectivity index is 1.91. The molecule has 1 N–H and O–H groups in total. The molecule has 0 spiro atoms. The molecular weight excluding hydrogens is 280 g/mol. The predicted octanol–water partition coefficient (Wildman–Crippen LogP) is 4.00. The summed E-state index contributed by atoms with van der Waals surface area (Å²) in [4.78, 5) is 13.0. The average molecular weight is 304 g/mol. The molecular formula is C16H24N4S. The van der Waals surface area contributed by atoms with Crippen LogP contribution in [0.2, 0.25) is 0 Å². The van der Waals surface area contributed by atoms with Crippen LogP contribution in [0.25, 0.3) is 10.2 Å². The Labute approximate surface area is 130 Å². The minimum absolute atomic E-state index is 0.743. The Morgan fingerprint density at radius 2 is 2.29 bits per heavy atom. The van der Waals surface area contributed by atoms with Crippen LogP contribution in [0.3, 0.4) is 0 Å². The molecule has 3 rings (SSSR count). The number of aromatic nitrogens is 2. The maximum atomic E-state index is 4.80. The standard InChI is InChI=1S/C16H24N4S/c1-4-7-17-16-18-14(13-6-9-21-15(13)19-16)20-8-5-12(10-20)11(2)3/h6,9,11-12H,4-5,7-8,10H2,1-3H3,(H,17,18,19). The zero-order chi connectivity index (χ0) is 14.8. The number of hydrogen-bond acceptors (Lipinski definition) is 5. The van der Waals surface area contributed by atoms with Crippen molar-refractivity contribution in [2.24, 2.45) is 11.8 Å². The number of fused-ring (bicyclic) bond motifs is 1. The predicted molar refractivity (Wildman–Crippen MR) is 91.4 cm³/mol. The number of rotatable bonds is 5. The summed E-state index contributed by atoms with van der Waals surface area (Å²) in [6.07, 6.45) is 2.35. The summed E-state index contributed by atoms with van der Waals surface area (Å²) in [5.74, 6) is 3.41. The number of nitrogens with zero attached hydrogens (tertiary/aromatic N) is 3. The van der Waals surface area contributed by atoms with E-state index in [1.807, 2.05) is 0 Å². The van der Waals surface area contributed by atoms with E-state index in [-0.39, 0.29) is 0 Å². The molecule has 1 atom stereocenters. The van der Waals surface area contributed by atoms with Gasteiger partial charge in [0, 0.05) is 19.6 Å². The molecule has 0 aromatic carbocycles. The van der Waals surface area contributed by atoms with Crippen molar-refractivity contribution in [2.45, 2.75) is 33.6 Å². The van der Waals surface area contributed by atoms with Crippen LogP contribution in [0, 0.1) is 11.8 Å². The third kappa shape index (κ3) is 2.98. The third-order valence-electron chi connectivity index (χ3n) is 4.31. The van der Waals surface area contributed by atoms with Gasteiger partial charge in [0.1, 0.15) is 10.6 Å². The van der Waals surface area contributed by atoms with Crippen molar-refractivity contribution in [3.63, 3.8) is 0 Å². The second-order valence-corrected chi connectivity index (χ2v) is 7.07. The molecule has 1 aliphatic heterocycles. The van der Waals surface area contributed by atoms with Crippen LogP contribution in [0.15, 0.2) is 11.4 Å². The van der Waals surface area contributed by atoms with Crippen LogP contribution >= 0.6 is 11.3 Å². The monoisotopic (exact) mass is 304 g/mol. The molecule has 114 valence electrons. The summed E-state index contributed by atoms with van der Waals surface area (Å²) in [5, 5.41) is 6.65. The fourth-order valence-corrected chi connectivity index (χ4v) is 3.68. The zero-order valence-electron chi connectivity index (χ0n) is 13.1. The van der Waals surface area contributed by atoms with Gasteiger partial charge in [-0.25, -0.2) is 4.98 Å². The van der Waals surface area contributed by atoms with Crippen molar-refractivity contribution in [1.82, 2.24) is 9.97 Å². The van der Waals surface area contributed by atoms with Crippen molar-refractivity contribution in [3.05, 3.63) is 11.4 Å². The number of hydrogen-bond donors (Lipinski definition) is 1. The van der Waals surface area contributed by atoms with E-state index in [9.17, 15) is 0 Å². The van der Waals surface area contributed by atoms with Gasteiger partial charge in [-0.05, 0) is 36.1 Å². The largest absolute Gasteiger partial charge is 0.356 e. The second kappa shape index (κ2) is 6.18. The van der Waals surface area contributed by atoms with E-state index in [1.54, 1.807) is 11.3 Å². The van der Waals surface area contributed by atoms with E-state index >= 15 is 0 Å². The van der Waals surface area contributed by atoms with Gasteiger partial charge in [0.15, 0.2) is 0 Å². The molecule has 4 nitrogen and oxygen atoms in total. The van der Waals surface area contributed by atoms with E-state index in [1.165, 1.54) is 11.8 Å². The Morgan fingerprint density at radius 1 is 1.43 bits per heavy atom. The van der Waals surface area contributed by atoms with Crippen molar-refractivity contribution in [3.8, 4) is 0 Å². The van der Waals surface area contributed by atoms with E-state index in [0.29, 0.717) is 0 Å². The molecule has 0 bridgehead atoms. The first-order valence-corrected chi connectivity index (χ1v) is 8.81. The van der Waals surface area contributed by atoms with Gasteiger partial charge >= 0.3 is 0 Å². The second-order valence-electron chi connectivity index (χ2n) is 6.18. The quantitative estimate of drug-likeness (QED) is 0.906. The van der Waals surface area contributed by atoms with Gasteiger partial charge in [0.2, 0.25) is 5.95 Å². The minimum atomic E-state index is 0.743. The maximum Gasteiger partial charge on any atom is 0.226 e. The first kappa shape index (κ1) is 14.6. The summed E-state index contributed by atoms with van der Waals surface area (Å²) in [6.45, 7) is 9.95. The maximum absolute atomic E-state index is 4.80. The summed E-state index contributed by atoms with van der Waals surface area (Å²) in [6, 6.07) is 2.15. The Morgan fingerprint density at radius 3 is 3.00 bits per heavy atom. The van der Waals surface area contributed by atoms with Crippen LogP contribution < -0.4 is 10.2 Å². The number of anilines is 2. The Hall–Kier alpha value is -1.36. The SMILES string of the molecule is CCCNc1nc(N2CCC(C(C)C)C2)c2ccsc2n1. The van der Waals surface area contributed by atoms with Crippen molar-refractivity contribution >= 4 is 33.3 Å². The highest BCUT2D eigenvalue weighted by Crippen LogP contribution is 2.33. The lowest BCUT2D eigenvalue weighted by molar-refractivity contribution is 0.422. The third-order valence-corrected chi connectivity index (χ3v) is 5.11. The van der Waals surface area contributed by atoms with Crippen LogP contribution in [-0.2, 0) is 0 Å². The van der Waals surface area contributed by atoms with Gasteiger partial charge in [-0.15, -0.1) is 11.3 Å². The smallest absolute Gasteiger partial charge is 0.226 e. The Bertz CT molecular complexity index is 607. The number of nitrogens with one attached hydrogen (secondary N) is 1. The first-order valence-electron chi connectivity index (χ1n) is 7.93. The lowest BCUT2D eigenvalue weighted by atomic mass is 9.95. The molecule has 1 unspecified atom stereocenters. The van der Waals surface area contributed by atoms with E-state index in [4.69, 9.17) is 4.98 Å². The van der Waals surface area contributed by atoms with Gasteiger partial charge in [-0.2, -0.15) is 4.98 Å². The van der Waals surface area contributed by atoms with Crippen LogP contribution in [0.1, 0.15) is 33.6 Å². The van der Waals surface area contributed by atoms with E-state index in [0.717, 1.165) is 54.5 Å². The Kier molecular flexibility index (Phi) is 4.29. The summed E-state index contributed by atoms with van der Waals surface area (Å²) >= 11 is 1.70. The van der Waals surface area contributed by atoms with Gasteiger partial charge < -0.3 is 10.2 Å². The fourth-order valence-electron chi connectivity index (χ4n) is 2.92. The molecule has 2 aromatic heterocycles. The molecule has 0 radical (unpaired) electrons. The van der Waals surface area contributed by atoms with Crippen molar-refractivity contribution in [2.75, 3.05) is 29.9 Å². The molecule has 21 heavy (non-hydrogen) atoms. The molecule has 0 saturated carbocycles. The van der Waals surface area contributed by atoms with Crippen LogP contribution in [-0.4, -0.2) is 29.6 Å². The molecule has 0 aliphatic carbocycles. The van der Waals surface area contributed by atoms with Crippen LogP contribution in [0.5, 0.6) is 0 Å². The fraction of sp³-hybridized carbons (Fsp3) is 0.625. The highest BCUT2D eigenvalue weighted by Gasteiger charge is 2.27. The molecule has 2 aromatic rings. The lowest BCUT2D eigenvalue weighted by Crippen LogP contribution is -2.23.